The maximum absolute atomic E-state index is 12.1. The van der Waals surface area contributed by atoms with Gasteiger partial charge in [-0.05, 0) is 12.3 Å². The summed E-state index contributed by atoms with van der Waals surface area (Å²) < 4.78 is 29.0. The van der Waals surface area contributed by atoms with E-state index in [2.05, 4.69) is 20.8 Å². The van der Waals surface area contributed by atoms with Gasteiger partial charge in [0.2, 0.25) is 0 Å². The summed E-state index contributed by atoms with van der Waals surface area (Å²) in [6, 6.07) is 0. The summed E-state index contributed by atoms with van der Waals surface area (Å²) in [7, 11) is 2.02. The first kappa shape index (κ1) is 34.0. The summed E-state index contributed by atoms with van der Waals surface area (Å²) in [5.74, 6) is 0.386. The smallest absolute Gasteiger partial charge is 0.381 e. The van der Waals surface area contributed by atoms with Gasteiger partial charge in [-0.25, -0.2) is 4.57 Å². The topological polar surface area (TPSA) is 65.0 Å². The number of ether oxygens (including phenoxy) is 1. The first-order chi connectivity index (χ1) is 16.1. The van der Waals surface area contributed by atoms with E-state index in [1.54, 1.807) is 0 Å². The van der Waals surface area contributed by atoms with Crippen LogP contribution in [0.15, 0.2) is 0 Å². The maximum atomic E-state index is 12.1. The number of rotatable bonds is 25. The van der Waals surface area contributed by atoms with E-state index in [0.717, 1.165) is 13.0 Å². The summed E-state index contributed by atoms with van der Waals surface area (Å²) in [6.45, 7) is 8.76. The number of likely N-dealkylation sites (N-methyl/N-ethyl adjacent to an activating group) is 1. The van der Waals surface area contributed by atoms with Gasteiger partial charge >= 0.3 is 7.82 Å². The van der Waals surface area contributed by atoms with E-state index in [1.807, 2.05) is 21.1 Å². The van der Waals surface area contributed by atoms with E-state index in [9.17, 15) is 9.46 Å². The van der Waals surface area contributed by atoms with Crippen molar-refractivity contribution in [3.8, 4) is 0 Å². The highest BCUT2D eigenvalue weighted by molar-refractivity contribution is 7.47. The van der Waals surface area contributed by atoms with Gasteiger partial charge in [0.05, 0.1) is 34.4 Å². The van der Waals surface area contributed by atoms with Gasteiger partial charge in [0.1, 0.15) is 13.2 Å². The summed E-state index contributed by atoms with van der Waals surface area (Å²) in [5.41, 5.74) is 0. The Kier molecular flexibility index (Phi) is 21.2. The second kappa shape index (κ2) is 21.1. The molecule has 0 fully saturated rings. The predicted molar refractivity (Wildman–Crippen MR) is 144 cm³/mol. The molecule has 6 nitrogen and oxygen atoms in total. The lowest BCUT2D eigenvalue weighted by Crippen LogP contribution is -2.37. The van der Waals surface area contributed by atoms with Crippen LogP contribution in [-0.2, 0) is 18.3 Å². The molecule has 0 aliphatic rings. The lowest BCUT2D eigenvalue weighted by Gasteiger charge is -2.25. The van der Waals surface area contributed by atoms with Crippen LogP contribution in [0.4, 0.5) is 0 Å². The van der Waals surface area contributed by atoms with E-state index in [0.29, 0.717) is 23.6 Å². The first-order valence-electron chi connectivity index (χ1n) is 14.1. The van der Waals surface area contributed by atoms with Crippen LogP contribution in [0.3, 0.4) is 0 Å². The van der Waals surface area contributed by atoms with E-state index >= 15 is 0 Å². The number of phosphoric acid groups is 1. The molecule has 0 spiro atoms. The zero-order chi connectivity index (χ0) is 25.7. The molecule has 0 aliphatic carbocycles. The van der Waals surface area contributed by atoms with Crippen LogP contribution in [0, 0.1) is 11.8 Å². The lowest BCUT2D eigenvalue weighted by molar-refractivity contribution is -0.870. The fourth-order valence-electron chi connectivity index (χ4n) is 3.72. The number of unbranched alkanes of at least 4 members (excludes halogenated alkanes) is 13. The fourth-order valence-corrected chi connectivity index (χ4v) is 4.49. The Bertz CT molecular complexity index is 496. The van der Waals surface area contributed by atoms with Crippen LogP contribution in [0.2, 0.25) is 0 Å². The van der Waals surface area contributed by atoms with Crippen molar-refractivity contribution in [1.29, 1.82) is 0 Å². The Labute approximate surface area is 212 Å². The van der Waals surface area contributed by atoms with Gasteiger partial charge in [0.25, 0.3) is 0 Å². The van der Waals surface area contributed by atoms with Crippen molar-refractivity contribution in [2.75, 3.05) is 54.1 Å². The third-order valence-corrected chi connectivity index (χ3v) is 7.37. The molecule has 2 unspecified atom stereocenters. The van der Waals surface area contributed by atoms with E-state index in [-0.39, 0.29) is 19.1 Å². The van der Waals surface area contributed by atoms with Crippen molar-refractivity contribution in [2.24, 2.45) is 11.8 Å². The van der Waals surface area contributed by atoms with Gasteiger partial charge < -0.3 is 14.1 Å². The molecule has 0 aromatic rings. The van der Waals surface area contributed by atoms with Crippen molar-refractivity contribution in [2.45, 2.75) is 111 Å². The summed E-state index contributed by atoms with van der Waals surface area (Å²) in [4.78, 5) is 9.92. The maximum Gasteiger partial charge on any atom is 0.472 e. The standard InChI is InChI=1S/C27H58NO5P/c1-7-8-9-10-11-12-13-14-15-16-17-18-19-20-22-31-24-27(26(2)3)25-33-34(29,30)32-23-21-28(4,5)6/h26-27H,7-25H2,1-6H3/p+1. The largest absolute Gasteiger partial charge is 0.472 e. The molecule has 2 atom stereocenters. The fraction of sp³-hybridized carbons (Fsp3) is 1.00. The monoisotopic (exact) mass is 508 g/mol. The molecule has 206 valence electrons. The van der Waals surface area contributed by atoms with E-state index in [1.165, 1.54) is 83.5 Å². The Balaban J connectivity index is 3.67. The Morgan fingerprint density at radius 3 is 1.62 bits per heavy atom. The van der Waals surface area contributed by atoms with Crippen molar-refractivity contribution in [3.05, 3.63) is 0 Å². The third-order valence-electron chi connectivity index (χ3n) is 6.39. The van der Waals surface area contributed by atoms with E-state index in [4.69, 9.17) is 13.8 Å². The SMILES string of the molecule is CCCCCCCCCCCCCCCCOCC(COP(=O)(O)OCC[N+](C)(C)C)C(C)C. The van der Waals surface area contributed by atoms with Gasteiger partial charge in [-0.3, -0.25) is 9.05 Å². The molecule has 0 saturated heterocycles. The molecule has 0 aromatic heterocycles. The molecular formula is C27H59NO5P+. The average molecular weight is 509 g/mol. The first-order valence-corrected chi connectivity index (χ1v) is 15.6. The van der Waals surface area contributed by atoms with Gasteiger partial charge in [-0.15, -0.1) is 0 Å². The number of hydrogen-bond acceptors (Lipinski definition) is 4. The molecule has 0 bridgehead atoms. The zero-order valence-electron chi connectivity index (χ0n) is 23.6. The molecule has 0 aliphatic heterocycles. The van der Waals surface area contributed by atoms with Gasteiger partial charge in [-0.1, -0.05) is 104 Å². The number of hydrogen-bond donors (Lipinski definition) is 1. The van der Waals surface area contributed by atoms with Crippen LogP contribution in [0.5, 0.6) is 0 Å². The number of nitrogens with zero attached hydrogens (tertiary/aromatic N) is 1. The van der Waals surface area contributed by atoms with Gasteiger partial charge in [0, 0.05) is 12.5 Å². The zero-order valence-corrected chi connectivity index (χ0v) is 24.5. The number of quaternary nitrogens is 1. The molecule has 0 rings (SSSR count). The summed E-state index contributed by atoms with van der Waals surface area (Å²) in [6.07, 6.45) is 18.9. The molecule has 0 amide bonds. The number of phosphoric ester groups is 1. The molecular weight excluding hydrogens is 449 g/mol. The summed E-state index contributed by atoms with van der Waals surface area (Å²) >= 11 is 0. The highest BCUT2D eigenvalue weighted by atomic mass is 31.2. The molecule has 0 aromatic carbocycles. The molecule has 1 N–H and O–H groups in total. The van der Waals surface area contributed by atoms with Crippen LogP contribution in [0.1, 0.15) is 111 Å². The van der Waals surface area contributed by atoms with E-state index < -0.39 is 7.82 Å². The highest BCUT2D eigenvalue weighted by Gasteiger charge is 2.25. The third kappa shape index (κ3) is 23.8. The van der Waals surface area contributed by atoms with Crippen LogP contribution in [0.25, 0.3) is 0 Å². The molecule has 0 heterocycles. The summed E-state index contributed by atoms with van der Waals surface area (Å²) in [5, 5.41) is 0. The average Bonchev–Trinajstić information content (AvgIpc) is 2.74. The van der Waals surface area contributed by atoms with Crippen molar-refractivity contribution >= 4 is 7.82 Å². The second-order valence-electron chi connectivity index (χ2n) is 11.3. The van der Waals surface area contributed by atoms with Gasteiger partial charge in [-0.2, -0.15) is 0 Å². The van der Waals surface area contributed by atoms with Crippen molar-refractivity contribution in [3.63, 3.8) is 0 Å². The molecule has 34 heavy (non-hydrogen) atoms. The second-order valence-corrected chi connectivity index (χ2v) is 12.7. The normalized spacial score (nSPS) is 15.1. The molecule has 0 saturated carbocycles. The minimum Gasteiger partial charge on any atom is -0.381 e. The Hall–Kier alpha value is 0.0300. The Morgan fingerprint density at radius 2 is 1.18 bits per heavy atom. The van der Waals surface area contributed by atoms with Crippen molar-refractivity contribution < 1.29 is 27.7 Å². The lowest BCUT2D eigenvalue weighted by atomic mass is 9.98. The van der Waals surface area contributed by atoms with Crippen LogP contribution >= 0.6 is 7.82 Å². The highest BCUT2D eigenvalue weighted by Crippen LogP contribution is 2.43. The minimum absolute atomic E-state index is 0.0779. The predicted octanol–water partition coefficient (Wildman–Crippen LogP) is 7.60. The quantitative estimate of drug-likeness (QED) is 0.0781. The van der Waals surface area contributed by atoms with Crippen LogP contribution in [-0.4, -0.2) is 63.5 Å². The van der Waals surface area contributed by atoms with Crippen LogP contribution < -0.4 is 0 Å². The molecule has 0 radical (unpaired) electrons. The van der Waals surface area contributed by atoms with Gasteiger partial charge in [0.15, 0.2) is 0 Å². The minimum atomic E-state index is -4.01. The van der Waals surface area contributed by atoms with Crippen molar-refractivity contribution in [1.82, 2.24) is 0 Å². The molecule has 7 heteroatoms. The Morgan fingerprint density at radius 1 is 0.706 bits per heavy atom.